The number of aromatic nitrogens is 1. The maximum Gasteiger partial charge on any atom is 0.240 e. The van der Waals surface area contributed by atoms with Crippen molar-refractivity contribution >= 4 is 22.4 Å². The van der Waals surface area contributed by atoms with Gasteiger partial charge in [0.1, 0.15) is 0 Å². The summed E-state index contributed by atoms with van der Waals surface area (Å²) in [6.07, 6.45) is 5.98. The van der Waals surface area contributed by atoms with Crippen molar-refractivity contribution in [1.29, 1.82) is 0 Å². The summed E-state index contributed by atoms with van der Waals surface area (Å²) in [6, 6.07) is 0.825. The lowest BCUT2D eigenvalue weighted by Gasteiger charge is -2.32. The maximum atomic E-state index is 11.8. The van der Waals surface area contributed by atoms with Crippen LogP contribution in [0, 0.1) is 0 Å². The van der Waals surface area contributed by atoms with Gasteiger partial charge in [-0.2, -0.15) is 0 Å². The first-order chi connectivity index (χ1) is 8.65. The maximum absolute atomic E-state index is 11.8. The zero-order valence-corrected chi connectivity index (χ0v) is 11.4. The number of anilines is 1. The van der Waals surface area contributed by atoms with E-state index in [1.54, 1.807) is 6.20 Å². The summed E-state index contributed by atoms with van der Waals surface area (Å²) in [4.78, 5) is 18.0. The van der Waals surface area contributed by atoms with Gasteiger partial charge in [0.2, 0.25) is 5.91 Å². The van der Waals surface area contributed by atoms with E-state index in [4.69, 9.17) is 5.73 Å². The minimum absolute atomic E-state index is 0.00215. The molecule has 0 aliphatic heterocycles. The molecule has 3 N–H and O–H groups in total. The first-order valence-electron chi connectivity index (χ1n) is 6.30. The zero-order chi connectivity index (χ0) is 13.0. The van der Waals surface area contributed by atoms with Crippen LogP contribution in [0.15, 0.2) is 11.6 Å². The van der Waals surface area contributed by atoms with Gasteiger partial charge in [0.15, 0.2) is 5.13 Å². The lowest BCUT2D eigenvalue weighted by atomic mass is 9.91. The normalized spacial score (nSPS) is 24.2. The van der Waals surface area contributed by atoms with Gasteiger partial charge in [-0.3, -0.25) is 9.69 Å². The van der Waals surface area contributed by atoms with Gasteiger partial charge in [0, 0.05) is 23.7 Å². The number of hydrogen-bond donors (Lipinski definition) is 2. The molecule has 5 nitrogen and oxygen atoms in total. The van der Waals surface area contributed by atoms with Crippen LogP contribution in [0.3, 0.4) is 0 Å². The molecule has 100 valence electrons. The van der Waals surface area contributed by atoms with Gasteiger partial charge >= 0.3 is 0 Å². The van der Waals surface area contributed by atoms with Crippen molar-refractivity contribution < 1.29 is 4.79 Å². The van der Waals surface area contributed by atoms with Crippen LogP contribution in [-0.2, 0) is 4.79 Å². The second-order valence-electron chi connectivity index (χ2n) is 4.87. The van der Waals surface area contributed by atoms with Crippen molar-refractivity contribution in [2.24, 2.45) is 5.73 Å². The number of nitrogens with zero attached hydrogens (tertiary/aromatic N) is 2. The third-order valence-electron chi connectivity index (χ3n) is 3.44. The summed E-state index contributed by atoms with van der Waals surface area (Å²) in [7, 11) is 2.00. The molecule has 18 heavy (non-hydrogen) atoms. The van der Waals surface area contributed by atoms with Gasteiger partial charge in [-0.05, 0) is 32.7 Å². The average molecular weight is 268 g/mol. The summed E-state index contributed by atoms with van der Waals surface area (Å²) in [5.41, 5.74) is 5.88. The van der Waals surface area contributed by atoms with Gasteiger partial charge in [-0.25, -0.2) is 4.98 Å². The Morgan fingerprint density at radius 3 is 2.89 bits per heavy atom. The SMILES string of the molecule is CN(CC(=O)Nc1nccs1)C1CCC(N)CC1. The van der Waals surface area contributed by atoms with E-state index in [9.17, 15) is 4.79 Å². The molecule has 1 aliphatic rings. The lowest BCUT2D eigenvalue weighted by Crippen LogP contribution is -2.42. The van der Waals surface area contributed by atoms with E-state index in [-0.39, 0.29) is 5.91 Å². The molecule has 0 bridgehead atoms. The van der Waals surface area contributed by atoms with E-state index in [1.165, 1.54) is 11.3 Å². The summed E-state index contributed by atoms with van der Waals surface area (Å²) >= 11 is 1.44. The second kappa shape index (κ2) is 6.26. The Morgan fingerprint density at radius 1 is 1.56 bits per heavy atom. The molecule has 0 atom stereocenters. The van der Waals surface area contributed by atoms with Crippen molar-refractivity contribution in [2.45, 2.75) is 37.8 Å². The number of nitrogens with one attached hydrogen (secondary N) is 1. The molecule has 0 spiro atoms. The van der Waals surface area contributed by atoms with E-state index in [0.717, 1.165) is 25.7 Å². The van der Waals surface area contributed by atoms with Crippen LogP contribution in [-0.4, -0.2) is 41.5 Å². The molecule has 0 aromatic carbocycles. The molecule has 1 aliphatic carbocycles. The monoisotopic (exact) mass is 268 g/mol. The molecule has 1 amide bonds. The molecule has 1 heterocycles. The predicted molar refractivity (Wildman–Crippen MR) is 73.6 cm³/mol. The van der Waals surface area contributed by atoms with Crippen molar-refractivity contribution in [3.8, 4) is 0 Å². The first-order valence-corrected chi connectivity index (χ1v) is 7.18. The van der Waals surface area contributed by atoms with Crippen LogP contribution in [0.5, 0.6) is 0 Å². The zero-order valence-electron chi connectivity index (χ0n) is 10.6. The van der Waals surface area contributed by atoms with E-state index >= 15 is 0 Å². The summed E-state index contributed by atoms with van der Waals surface area (Å²) in [5, 5.41) is 5.32. The van der Waals surface area contributed by atoms with Crippen molar-refractivity contribution in [3.63, 3.8) is 0 Å². The predicted octanol–water partition coefficient (Wildman–Crippen LogP) is 1.28. The molecule has 0 radical (unpaired) electrons. The Kier molecular flexibility index (Phi) is 4.68. The third-order valence-corrected chi connectivity index (χ3v) is 4.12. The number of thiazole rings is 1. The number of likely N-dealkylation sites (N-methyl/N-ethyl adjacent to an activating group) is 1. The second-order valence-corrected chi connectivity index (χ2v) is 5.76. The van der Waals surface area contributed by atoms with E-state index in [1.807, 2.05) is 12.4 Å². The molecule has 1 aromatic rings. The molecule has 1 fully saturated rings. The molecule has 1 aromatic heterocycles. The molecular formula is C12H20N4OS. The van der Waals surface area contributed by atoms with Crippen molar-refractivity contribution in [1.82, 2.24) is 9.88 Å². The fourth-order valence-corrected chi connectivity index (χ4v) is 2.89. The van der Waals surface area contributed by atoms with Crippen LogP contribution in [0.4, 0.5) is 5.13 Å². The number of carbonyl (C=O) groups excluding carboxylic acids is 1. The number of amides is 1. The van der Waals surface area contributed by atoms with Crippen molar-refractivity contribution in [3.05, 3.63) is 11.6 Å². The van der Waals surface area contributed by atoms with E-state index < -0.39 is 0 Å². The fraction of sp³-hybridized carbons (Fsp3) is 0.667. The Bertz CT molecular complexity index is 373. The van der Waals surface area contributed by atoms with E-state index in [0.29, 0.717) is 23.8 Å². The highest BCUT2D eigenvalue weighted by molar-refractivity contribution is 7.13. The lowest BCUT2D eigenvalue weighted by molar-refractivity contribution is -0.117. The highest BCUT2D eigenvalue weighted by atomic mass is 32.1. The molecule has 6 heteroatoms. The van der Waals surface area contributed by atoms with Gasteiger partial charge in [0.25, 0.3) is 0 Å². The minimum Gasteiger partial charge on any atom is -0.328 e. The molecule has 0 unspecified atom stereocenters. The van der Waals surface area contributed by atoms with E-state index in [2.05, 4.69) is 15.2 Å². The van der Waals surface area contributed by atoms with Crippen LogP contribution in [0.2, 0.25) is 0 Å². The molecular weight excluding hydrogens is 248 g/mol. The quantitative estimate of drug-likeness (QED) is 0.863. The Labute approximate surface area is 111 Å². The van der Waals surface area contributed by atoms with Gasteiger partial charge in [-0.1, -0.05) is 0 Å². The smallest absolute Gasteiger partial charge is 0.240 e. The number of carbonyl (C=O) groups is 1. The van der Waals surface area contributed by atoms with Crippen LogP contribution < -0.4 is 11.1 Å². The van der Waals surface area contributed by atoms with Crippen LogP contribution in [0.1, 0.15) is 25.7 Å². The third kappa shape index (κ3) is 3.76. The van der Waals surface area contributed by atoms with Crippen LogP contribution >= 0.6 is 11.3 Å². The summed E-state index contributed by atoms with van der Waals surface area (Å²) < 4.78 is 0. The Balaban J connectivity index is 1.76. The highest BCUT2D eigenvalue weighted by Crippen LogP contribution is 2.21. The Morgan fingerprint density at radius 2 is 2.28 bits per heavy atom. The topological polar surface area (TPSA) is 71.2 Å². The minimum atomic E-state index is 0.00215. The van der Waals surface area contributed by atoms with Crippen LogP contribution in [0.25, 0.3) is 0 Å². The highest BCUT2D eigenvalue weighted by Gasteiger charge is 2.23. The van der Waals surface area contributed by atoms with Gasteiger partial charge < -0.3 is 11.1 Å². The number of rotatable bonds is 4. The Hall–Kier alpha value is -0.980. The molecule has 2 rings (SSSR count). The largest absolute Gasteiger partial charge is 0.328 e. The first kappa shape index (κ1) is 13.5. The molecule has 0 saturated heterocycles. The summed E-state index contributed by atoms with van der Waals surface area (Å²) in [6.45, 7) is 0.416. The fourth-order valence-electron chi connectivity index (χ4n) is 2.34. The van der Waals surface area contributed by atoms with Gasteiger partial charge in [0.05, 0.1) is 6.54 Å². The standard InChI is InChI=1S/C12H20N4OS/c1-16(10-4-2-9(13)3-5-10)8-11(17)15-12-14-6-7-18-12/h6-7,9-10H,2-5,8,13H2,1H3,(H,14,15,17). The van der Waals surface area contributed by atoms with Gasteiger partial charge in [-0.15, -0.1) is 11.3 Å². The number of nitrogens with two attached hydrogens (primary N) is 1. The van der Waals surface area contributed by atoms with Crippen molar-refractivity contribution in [2.75, 3.05) is 18.9 Å². The summed E-state index contributed by atoms with van der Waals surface area (Å²) in [5.74, 6) is 0.00215. The number of hydrogen-bond acceptors (Lipinski definition) is 5. The average Bonchev–Trinajstić information content (AvgIpc) is 2.82. The molecule has 1 saturated carbocycles.